The van der Waals surface area contributed by atoms with Crippen molar-refractivity contribution in [1.29, 1.82) is 0 Å². The average Bonchev–Trinajstić information content (AvgIpc) is 3.73. The van der Waals surface area contributed by atoms with Gasteiger partial charge in [-0.15, -0.1) is 0 Å². The Hall–Kier alpha value is -8.92. The molecule has 0 saturated heterocycles. The molecule has 0 saturated carbocycles. The van der Waals surface area contributed by atoms with E-state index in [1.165, 1.54) is 92.3 Å². The molecule has 3 heteroatoms. The molecule has 67 heavy (non-hydrogen) atoms. The number of para-hydroxylation sites is 1. The SMILES string of the molecule is c1ccc(-n2c3ccc(-c4ccc5c(-c6cc7ccccc7c7ccccc67)c6ccccc6c(-c6cc7ccccc7c7ccccc67)c5c4)cc3c3cc(-c4ccccn4)ncc32)cc1. The molecule has 0 fully saturated rings. The lowest BCUT2D eigenvalue weighted by molar-refractivity contribution is 1.16. The number of nitrogens with zero attached hydrogens (tertiary/aromatic N) is 3. The first kappa shape index (κ1) is 37.5. The Morgan fingerprint density at radius 2 is 0.776 bits per heavy atom. The zero-order valence-electron chi connectivity index (χ0n) is 36.4. The van der Waals surface area contributed by atoms with E-state index in [1.807, 2.05) is 30.6 Å². The second-order valence-corrected chi connectivity index (χ2v) is 17.6. The van der Waals surface area contributed by atoms with E-state index in [-0.39, 0.29) is 0 Å². The molecule has 0 unspecified atom stereocenters. The predicted molar refractivity (Wildman–Crippen MR) is 283 cm³/mol. The van der Waals surface area contributed by atoms with Crippen molar-refractivity contribution in [1.82, 2.24) is 14.5 Å². The zero-order valence-corrected chi connectivity index (χ0v) is 36.4. The topological polar surface area (TPSA) is 30.7 Å². The minimum atomic E-state index is 0.851. The summed E-state index contributed by atoms with van der Waals surface area (Å²) in [6, 6.07) is 82.4. The van der Waals surface area contributed by atoms with E-state index in [2.05, 4.69) is 216 Å². The second kappa shape index (κ2) is 14.8. The minimum absolute atomic E-state index is 0.851. The quantitative estimate of drug-likeness (QED) is 0.128. The zero-order chi connectivity index (χ0) is 44.0. The van der Waals surface area contributed by atoms with Gasteiger partial charge in [-0.05, 0) is 159 Å². The lowest BCUT2D eigenvalue weighted by atomic mass is 9.81. The third kappa shape index (κ3) is 5.78. The summed E-state index contributed by atoms with van der Waals surface area (Å²) in [5.41, 5.74) is 12.3. The summed E-state index contributed by atoms with van der Waals surface area (Å²) in [5.74, 6) is 0. The molecule has 3 nitrogen and oxygen atoms in total. The fraction of sp³-hybridized carbons (Fsp3) is 0. The van der Waals surface area contributed by atoms with Crippen LogP contribution in [0, 0.1) is 0 Å². The van der Waals surface area contributed by atoms with E-state index >= 15 is 0 Å². The van der Waals surface area contributed by atoms with Crippen LogP contribution in [0.3, 0.4) is 0 Å². The maximum Gasteiger partial charge on any atom is 0.0893 e. The summed E-state index contributed by atoms with van der Waals surface area (Å²) in [6.45, 7) is 0. The van der Waals surface area contributed by atoms with Gasteiger partial charge in [-0.2, -0.15) is 0 Å². The summed E-state index contributed by atoms with van der Waals surface area (Å²) >= 11 is 0. The van der Waals surface area contributed by atoms with Gasteiger partial charge in [0.25, 0.3) is 0 Å². The number of fused-ring (bicyclic) bond motifs is 11. The highest BCUT2D eigenvalue weighted by Crippen LogP contribution is 2.49. The van der Waals surface area contributed by atoms with Crippen LogP contribution < -0.4 is 0 Å². The minimum Gasteiger partial charge on any atom is -0.308 e. The highest BCUT2D eigenvalue weighted by Gasteiger charge is 2.22. The fourth-order valence-electron chi connectivity index (χ4n) is 11.1. The number of hydrogen-bond donors (Lipinski definition) is 0. The molecule has 14 aromatic rings. The Morgan fingerprint density at radius 1 is 0.284 bits per heavy atom. The highest BCUT2D eigenvalue weighted by molar-refractivity contribution is 6.29. The van der Waals surface area contributed by atoms with E-state index in [0.717, 1.165) is 44.6 Å². The summed E-state index contributed by atoms with van der Waals surface area (Å²) in [4.78, 5) is 9.64. The molecule has 0 aliphatic rings. The van der Waals surface area contributed by atoms with Gasteiger partial charge in [0.2, 0.25) is 0 Å². The lowest BCUT2D eigenvalue weighted by Gasteiger charge is -2.21. The third-order valence-corrected chi connectivity index (χ3v) is 14.0. The summed E-state index contributed by atoms with van der Waals surface area (Å²) in [6.07, 6.45) is 3.84. The van der Waals surface area contributed by atoms with Crippen LogP contribution >= 0.6 is 0 Å². The largest absolute Gasteiger partial charge is 0.308 e. The Balaban J connectivity index is 1.10. The molecule has 310 valence electrons. The van der Waals surface area contributed by atoms with Crippen molar-refractivity contribution in [3.05, 3.63) is 237 Å². The van der Waals surface area contributed by atoms with Crippen molar-refractivity contribution in [2.75, 3.05) is 0 Å². The van der Waals surface area contributed by atoms with Gasteiger partial charge in [0, 0.05) is 22.7 Å². The monoisotopic (exact) mass is 849 g/mol. The van der Waals surface area contributed by atoms with E-state index in [9.17, 15) is 0 Å². The molecule has 3 heterocycles. The molecule has 0 bridgehead atoms. The van der Waals surface area contributed by atoms with Crippen LogP contribution in [0.25, 0.3) is 137 Å². The van der Waals surface area contributed by atoms with Crippen LogP contribution in [0.15, 0.2) is 237 Å². The van der Waals surface area contributed by atoms with Gasteiger partial charge < -0.3 is 4.57 Å². The van der Waals surface area contributed by atoms with Crippen molar-refractivity contribution in [2.24, 2.45) is 0 Å². The van der Waals surface area contributed by atoms with Gasteiger partial charge in [-0.1, -0.05) is 164 Å². The summed E-state index contributed by atoms with van der Waals surface area (Å²) in [7, 11) is 0. The molecular formula is C64H39N3. The second-order valence-electron chi connectivity index (χ2n) is 17.6. The van der Waals surface area contributed by atoms with Crippen LogP contribution in [-0.4, -0.2) is 14.5 Å². The molecule has 0 atom stereocenters. The van der Waals surface area contributed by atoms with Gasteiger partial charge in [-0.3, -0.25) is 9.97 Å². The van der Waals surface area contributed by atoms with Crippen molar-refractivity contribution in [3.63, 3.8) is 0 Å². The normalized spacial score (nSPS) is 11.9. The lowest BCUT2D eigenvalue weighted by Crippen LogP contribution is -1.94. The average molecular weight is 850 g/mol. The molecule has 3 aromatic heterocycles. The summed E-state index contributed by atoms with van der Waals surface area (Å²) < 4.78 is 2.33. The Labute approximate surface area is 386 Å². The molecule has 0 N–H and O–H groups in total. The van der Waals surface area contributed by atoms with Gasteiger partial charge in [0.15, 0.2) is 0 Å². The van der Waals surface area contributed by atoms with Gasteiger partial charge in [-0.25, -0.2) is 0 Å². The molecule has 11 aromatic carbocycles. The number of aromatic nitrogens is 3. The first-order valence-corrected chi connectivity index (χ1v) is 23.0. The van der Waals surface area contributed by atoms with Crippen LogP contribution in [0.2, 0.25) is 0 Å². The summed E-state index contributed by atoms with van der Waals surface area (Å²) in [5, 5.41) is 17.2. The Kier molecular flexibility index (Phi) is 8.28. The molecular weight excluding hydrogens is 811 g/mol. The van der Waals surface area contributed by atoms with Crippen LogP contribution in [-0.2, 0) is 0 Å². The number of rotatable bonds is 5. The Morgan fingerprint density at radius 3 is 1.40 bits per heavy atom. The van der Waals surface area contributed by atoms with Crippen molar-refractivity contribution >= 4 is 86.4 Å². The smallest absolute Gasteiger partial charge is 0.0893 e. The number of pyridine rings is 2. The molecule has 0 spiro atoms. The van der Waals surface area contributed by atoms with Gasteiger partial charge in [0.05, 0.1) is 28.6 Å². The van der Waals surface area contributed by atoms with E-state index < -0.39 is 0 Å². The van der Waals surface area contributed by atoms with Crippen molar-refractivity contribution in [3.8, 4) is 50.5 Å². The molecule has 0 aliphatic heterocycles. The van der Waals surface area contributed by atoms with Crippen molar-refractivity contribution in [2.45, 2.75) is 0 Å². The van der Waals surface area contributed by atoms with Gasteiger partial charge >= 0.3 is 0 Å². The first-order valence-electron chi connectivity index (χ1n) is 23.0. The maximum absolute atomic E-state index is 4.96. The molecule has 0 radical (unpaired) electrons. The number of benzene rings is 11. The van der Waals surface area contributed by atoms with Crippen LogP contribution in [0.1, 0.15) is 0 Å². The highest BCUT2D eigenvalue weighted by atomic mass is 15.0. The van der Waals surface area contributed by atoms with E-state index in [4.69, 9.17) is 4.98 Å². The molecule has 14 rings (SSSR count). The van der Waals surface area contributed by atoms with E-state index in [0.29, 0.717) is 0 Å². The standard InChI is InChI=1S/C64H39N3/c1-2-18-44(19-3-1)67-61-32-30-41(34-54(61)55-38-60(66-39-62(55)67)59-28-14-15-33-65-59)40-29-31-53-58(35-40)64(57-37-43-17-5-7-21-46(43)48-23-9-11-25-50(48)57)52-27-13-12-26-51(52)63(53)56-36-42-16-4-6-20-45(42)47-22-8-10-24-49(47)56/h1-39H. The third-order valence-electron chi connectivity index (χ3n) is 14.0. The van der Waals surface area contributed by atoms with E-state index in [1.54, 1.807) is 0 Å². The van der Waals surface area contributed by atoms with Gasteiger partial charge in [0.1, 0.15) is 0 Å². The maximum atomic E-state index is 4.96. The first-order chi connectivity index (χ1) is 33.2. The van der Waals surface area contributed by atoms with Crippen LogP contribution in [0.5, 0.6) is 0 Å². The molecule has 0 amide bonds. The van der Waals surface area contributed by atoms with Crippen LogP contribution in [0.4, 0.5) is 0 Å². The predicted octanol–water partition coefficient (Wildman–Crippen LogP) is 17.2. The fourth-order valence-corrected chi connectivity index (χ4v) is 11.1. The molecule has 0 aliphatic carbocycles. The van der Waals surface area contributed by atoms with Crippen molar-refractivity contribution < 1.29 is 0 Å². The number of hydrogen-bond acceptors (Lipinski definition) is 2. The Bertz CT molecular complexity index is 4320.